The van der Waals surface area contributed by atoms with Gasteiger partial charge in [-0.2, -0.15) is 4.98 Å². The van der Waals surface area contributed by atoms with Gasteiger partial charge in [0.05, 0.1) is 0 Å². The molecular formula is C16H15N5O. The maximum absolute atomic E-state index is 6.08. The first-order valence-corrected chi connectivity index (χ1v) is 6.75. The SMILES string of the molecule is Cc1ccnc(Nc2ncnc(Oc3ccccc3)c2N)c1. The van der Waals surface area contributed by atoms with Crippen LogP contribution in [0.2, 0.25) is 0 Å². The molecule has 0 aliphatic rings. The molecule has 0 aliphatic carbocycles. The summed E-state index contributed by atoms with van der Waals surface area (Å²) in [6, 6.07) is 13.1. The molecule has 3 N–H and O–H groups in total. The van der Waals surface area contributed by atoms with E-state index in [1.165, 1.54) is 6.33 Å². The molecule has 1 aromatic carbocycles. The molecule has 0 saturated carbocycles. The molecule has 0 radical (unpaired) electrons. The van der Waals surface area contributed by atoms with E-state index in [4.69, 9.17) is 10.5 Å². The number of aryl methyl sites for hydroxylation is 1. The molecule has 3 aromatic rings. The van der Waals surface area contributed by atoms with Crippen LogP contribution in [-0.4, -0.2) is 15.0 Å². The Kier molecular flexibility index (Phi) is 3.82. The summed E-state index contributed by atoms with van der Waals surface area (Å²) in [4.78, 5) is 12.4. The van der Waals surface area contributed by atoms with Gasteiger partial charge in [0.15, 0.2) is 5.82 Å². The van der Waals surface area contributed by atoms with Gasteiger partial charge in [0, 0.05) is 6.20 Å². The Bertz CT molecular complexity index is 776. The minimum Gasteiger partial charge on any atom is -0.437 e. The lowest BCUT2D eigenvalue weighted by Gasteiger charge is -2.11. The summed E-state index contributed by atoms with van der Waals surface area (Å²) >= 11 is 0. The van der Waals surface area contributed by atoms with Crippen LogP contribution in [0.15, 0.2) is 55.0 Å². The molecule has 6 nitrogen and oxygen atoms in total. The average Bonchev–Trinajstić information content (AvgIpc) is 2.52. The van der Waals surface area contributed by atoms with Gasteiger partial charge in [0.2, 0.25) is 5.88 Å². The lowest BCUT2D eigenvalue weighted by atomic mass is 10.3. The van der Waals surface area contributed by atoms with Crippen molar-refractivity contribution in [2.45, 2.75) is 6.92 Å². The summed E-state index contributed by atoms with van der Waals surface area (Å²) in [6.45, 7) is 1.99. The van der Waals surface area contributed by atoms with E-state index >= 15 is 0 Å². The smallest absolute Gasteiger partial charge is 0.248 e. The second kappa shape index (κ2) is 6.09. The van der Waals surface area contributed by atoms with Gasteiger partial charge >= 0.3 is 0 Å². The molecule has 0 amide bonds. The Balaban J connectivity index is 1.86. The van der Waals surface area contributed by atoms with Crippen LogP contribution in [0.4, 0.5) is 17.3 Å². The number of hydrogen-bond donors (Lipinski definition) is 2. The zero-order chi connectivity index (χ0) is 15.4. The van der Waals surface area contributed by atoms with E-state index in [2.05, 4.69) is 20.3 Å². The highest BCUT2D eigenvalue weighted by Gasteiger charge is 2.11. The number of nitrogens with one attached hydrogen (secondary N) is 1. The number of pyridine rings is 1. The van der Waals surface area contributed by atoms with Crippen molar-refractivity contribution in [2.75, 3.05) is 11.1 Å². The van der Waals surface area contributed by atoms with Gasteiger partial charge < -0.3 is 15.8 Å². The first kappa shape index (κ1) is 13.8. The fraction of sp³-hybridized carbons (Fsp3) is 0.0625. The van der Waals surface area contributed by atoms with E-state index in [1.54, 1.807) is 6.20 Å². The van der Waals surface area contributed by atoms with E-state index in [1.807, 2.05) is 49.4 Å². The van der Waals surface area contributed by atoms with Gasteiger partial charge in [-0.05, 0) is 36.8 Å². The highest BCUT2D eigenvalue weighted by molar-refractivity contribution is 5.71. The molecule has 0 atom stereocenters. The fourth-order valence-corrected chi connectivity index (χ4v) is 1.89. The van der Waals surface area contributed by atoms with Gasteiger partial charge in [-0.1, -0.05) is 18.2 Å². The first-order valence-electron chi connectivity index (χ1n) is 6.75. The van der Waals surface area contributed by atoms with Crippen molar-refractivity contribution in [1.82, 2.24) is 15.0 Å². The molecule has 0 aliphatic heterocycles. The van der Waals surface area contributed by atoms with Crippen molar-refractivity contribution in [3.63, 3.8) is 0 Å². The van der Waals surface area contributed by atoms with Gasteiger partial charge in [0.1, 0.15) is 23.6 Å². The van der Waals surface area contributed by atoms with Crippen LogP contribution >= 0.6 is 0 Å². The van der Waals surface area contributed by atoms with Gasteiger partial charge in [-0.25, -0.2) is 9.97 Å². The normalized spacial score (nSPS) is 10.2. The summed E-state index contributed by atoms with van der Waals surface area (Å²) in [5, 5.41) is 3.07. The zero-order valence-electron chi connectivity index (χ0n) is 12.0. The maximum Gasteiger partial charge on any atom is 0.248 e. The minimum atomic E-state index is 0.302. The fourth-order valence-electron chi connectivity index (χ4n) is 1.89. The van der Waals surface area contributed by atoms with Crippen LogP contribution < -0.4 is 15.8 Å². The van der Waals surface area contributed by atoms with Crippen molar-refractivity contribution in [3.8, 4) is 11.6 Å². The number of nitrogen functional groups attached to an aromatic ring is 1. The van der Waals surface area contributed by atoms with Crippen LogP contribution in [-0.2, 0) is 0 Å². The Morgan fingerprint density at radius 2 is 1.86 bits per heavy atom. The number of para-hydroxylation sites is 1. The molecule has 0 spiro atoms. The Morgan fingerprint density at radius 1 is 1.05 bits per heavy atom. The van der Waals surface area contributed by atoms with E-state index in [9.17, 15) is 0 Å². The first-order chi connectivity index (χ1) is 10.7. The Morgan fingerprint density at radius 3 is 2.64 bits per heavy atom. The second-order valence-corrected chi connectivity index (χ2v) is 4.70. The molecule has 6 heteroatoms. The van der Waals surface area contributed by atoms with Crippen molar-refractivity contribution in [3.05, 3.63) is 60.6 Å². The number of rotatable bonds is 4. The largest absolute Gasteiger partial charge is 0.437 e. The Hall–Kier alpha value is -3.15. The Labute approximate surface area is 128 Å². The number of aromatic nitrogens is 3. The number of anilines is 3. The van der Waals surface area contributed by atoms with Crippen LogP contribution in [0.25, 0.3) is 0 Å². The molecule has 0 fully saturated rings. The third-order valence-electron chi connectivity index (χ3n) is 2.97. The van der Waals surface area contributed by atoms with E-state index in [0.29, 0.717) is 29.0 Å². The van der Waals surface area contributed by atoms with Crippen LogP contribution in [0.3, 0.4) is 0 Å². The number of nitrogens with zero attached hydrogens (tertiary/aromatic N) is 3. The third kappa shape index (κ3) is 3.12. The predicted molar refractivity (Wildman–Crippen MR) is 85.2 cm³/mol. The second-order valence-electron chi connectivity index (χ2n) is 4.70. The van der Waals surface area contributed by atoms with E-state index in [0.717, 1.165) is 5.56 Å². The molecular weight excluding hydrogens is 278 g/mol. The van der Waals surface area contributed by atoms with Gasteiger partial charge in [0.25, 0.3) is 0 Å². The summed E-state index contributed by atoms with van der Waals surface area (Å²) in [5.74, 6) is 2.08. The summed E-state index contributed by atoms with van der Waals surface area (Å²) in [5.41, 5.74) is 7.49. The standard InChI is InChI=1S/C16H15N5O/c1-11-7-8-18-13(9-11)21-15-14(17)16(20-10-19-15)22-12-5-3-2-4-6-12/h2-10H,17H2,1H3,(H,18,19,20,21). The molecule has 3 rings (SSSR count). The summed E-state index contributed by atoms with van der Waals surface area (Å²) in [6.07, 6.45) is 3.11. The predicted octanol–water partition coefficient (Wildman–Crippen LogP) is 3.30. The van der Waals surface area contributed by atoms with Crippen molar-refractivity contribution < 1.29 is 4.74 Å². The van der Waals surface area contributed by atoms with Gasteiger partial charge in [-0.3, -0.25) is 0 Å². The number of benzene rings is 1. The maximum atomic E-state index is 6.08. The molecule has 2 aromatic heterocycles. The lowest BCUT2D eigenvalue weighted by molar-refractivity contribution is 0.464. The average molecular weight is 293 g/mol. The topological polar surface area (TPSA) is 86.0 Å². The van der Waals surface area contributed by atoms with Crippen LogP contribution in [0.5, 0.6) is 11.6 Å². The molecule has 22 heavy (non-hydrogen) atoms. The summed E-state index contributed by atoms with van der Waals surface area (Å²) < 4.78 is 5.67. The third-order valence-corrected chi connectivity index (χ3v) is 2.97. The summed E-state index contributed by atoms with van der Waals surface area (Å²) in [7, 11) is 0. The van der Waals surface area contributed by atoms with Gasteiger partial charge in [-0.15, -0.1) is 0 Å². The molecule has 0 saturated heterocycles. The zero-order valence-corrected chi connectivity index (χ0v) is 12.0. The highest BCUT2D eigenvalue weighted by Crippen LogP contribution is 2.30. The van der Waals surface area contributed by atoms with Crippen LogP contribution in [0, 0.1) is 6.92 Å². The lowest BCUT2D eigenvalue weighted by Crippen LogP contribution is -2.04. The molecule has 0 unspecified atom stereocenters. The van der Waals surface area contributed by atoms with Crippen molar-refractivity contribution in [1.29, 1.82) is 0 Å². The molecule has 110 valence electrons. The quantitative estimate of drug-likeness (QED) is 0.767. The molecule has 0 bridgehead atoms. The number of ether oxygens (including phenoxy) is 1. The van der Waals surface area contributed by atoms with Crippen LogP contribution in [0.1, 0.15) is 5.56 Å². The van der Waals surface area contributed by atoms with Crippen molar-refractivity contribution in [2.24, 2.45) is 0 Å². The van der Waals surface area contributed by atoms with E-state index < -0.39 is 0 Å². The van der Waals surface area contributed by atoms with Crippen molar-refractivity contribution >= 4 is 17.3 Å². The minimum absolute atomic E-state index is 0.302. The highest BCUT2D eigenvalue weighted by atomic mass is 16.5. The van der Waals surface area contributed by atoms with E-state index in [-0.39, 0.29) is 0 Å². The molecule has 2 heterocycles. The monoisotopic (exact) mass is 293 g/mol. The number of hydrogen-bond acceptors (Lipinski definition) is 6. The number of nitrogens with two attached hydrogens (primary N) is 1.